The lowest BCUT2D eigenvalue weighted by atomic mass is 10.1. The minimum absolute atomic E-state index is 0.223. The minimum Gasteiger partial charge on any atom is -0.492 e. The Kier molecular flexibility index (Phi) is 7.53. The van der Waals surface area contributed by atoms with Crippen molar-refractivity contribution >= 4 is 21.6 Å². The maximum Gasteiger partial charge on any atom is 0.251 e. The molecule has 3 aromatic rings. The Balaban J connectivity index is 1.60. The summed E-state index contributed by atoms with van der Waals surface area (Å²) in [5.41, 5.74) is 4.06. The highest BCUT2D eigenvalue weighted by Crippen LogP contribution is 2.21. The van der Waals surface area contributed by atoms with E-state index in [0.717, 1.165) is 22.4 Å². The molecular weight excluding hydrogens is 424 g/mol. The molecule has 1 amide bonds. The first-order chi connectivity index (χ1) is 15.2. The molecule has 0 aromatic heterocycles. The fourth-order valence-corrected chi connectivity index (χ4v) is 4.07. The number of aryl methyl sites for hydroxylation is 2. The molecule has 0 saturated heterocycles. The maximum atomic E-state index is 12.4. The highest BCUT2D eigenvalue weighted by Gasteiger charge is 2.18. The molecule has 0 spiro atoms. The van der Waals surface area contributed by atoms with Crippen molar-refractivity contribution in [2.24, 2.45) is 0 Å². The Labute approximate surface area is 189 Å². The standard InChI is InChI=1S/C25H28N2O4S/c1-19-7-9-21(10-8-19)18-27(32(3,29)30)23-13-11-22(12-14-23)25(28)26-15-16-31-24-6-4-5-20(2)17-24/h4-14,17H,15-16,18H2,1-3H3,(H,26,28). The van der Waals surface area contributed by atoms with E-state index in [1.807, 2.05) is 62.4 Å². The van der Waals surface area contributed by atoms with Gasteiger partial charge in [-0.3, -0.25) is 9.10 Å². The van der Waals surface area contributed by atoms with Crippen LogP contribution in [-0.4, -0.2) is 33.7 Å². The van der Waals surface area contributed by atoms with Gasteiger partial charge in [0.15, 0.2) is 0 Å². The van der Waals surface area contributed by atoms with Crippen LogP contribution in [0.1, 0.15) is 27.0 Å². The second-order valence-corrected chi connectivity index (χ2v) is 9.63. The van der Waals surface area contributed by atoms with E-state index < -0.39 is 10.0 Å². The summed E-state index contributed by atoms with van der Waals surface area (Å²) in [5.74, 6) is 0.520. The number of amides is 1. The molecule has 0 aliphatic rings. The number of carbonyl (C=O) groups excluding carboxylic acids is 1. The van der Waals surface area contributed by atoms with Crippen molar-refractivity contribution in [2.75, 3.05) is 23.7 Å². The average Bonchev–Trinajstić information content (AvgIpc) is 2.75. The molecule has 3 rings (SSSR count). The first kappa shape index (κ1) is 23.3. The second-order valence-electron chi connectivity index (χ2n) is 7.72. The lowest BCUT2D eigenvalue weighted by Gasteiger charge is -2.23. The van der Waals surface area contributed by atoms with E-state index in [4.69, 9.17) is 4.74 Å². The van der Waals surface area contributed by atoms with Gasteiger partial charge in [-0.2, -0.15) is 0 Å². The van der Waals surface area contributed by atoms with Gasteiger partial charge in [-0.05, 0) is 61.4 Å². The number of benzene rings is 3. The van der Waals surface area contributed by atoms with Crippen LogP contribution in [-0.2, 0) is 16.6 Å². The summed E-state index contributed by atoms with van der Waals surface area (Å²) in [6, 6.07) is 22.0. The quantitative estimate of drug-likeness (QED) is 0.497. The van der Waals surface area contributed by atoms with E-state index >= 15 is 0 Å². The highest BCUT2D eigenvalue weighted by molar-refractivity contribution is 7.92. The predicted octanol–water partition coefficient (Wildman–Crippen LogP) is 4.08. The van der Waals surface area contributed by atoms with Crippen molar-refractivity contribution in [3.05, 3.63) is 95.1 Å². The van der Waals surface area contributed by atoms with Gasteiger partial charge in [0.1, 0.15) is 12.4 Å². The third kappa shape index (κ3) is 6.59. The summed E-state index contributed by atoms with van der Waals surface area (Å²) >= 11 is 0. The lowest BCUT2D eigenvalue weighted by molar-refractivity contribution is 0.0947. The zero-order valence-corrected chi connectivity index (χ0v) is 19.4. The maximum absolute atomic E-state index is 12.4. The van der Waals surface area contributed by atoms with Crippen LogP contribution in [0.5, 0.6) is 5.75 Å². The molecule has 168 valence electrons. The topological polar surface area (TPSA) is 75.7 Å². The molecule has 0 fully saturated rings. The number of nitrogens with zero attached hydrogens (tertiary/aromatic N) is 1. The van der Waals surface area contributed by atoms with Crippen LogP contribution in [0.4, 0.5) is 5.69 Å². The number of hydrogen-bond donors (Lipinski definition) is 1. The van der Waals surface area contributed by atoms with Crippen LogP contribution in [0.25, 0.3) is 0 Å². The largest absolute Gasteiger partial charge is 0.492 e. The summed E-state index contributed by atoms with van der Waals surface area (Å²) in [6.07, 6.45) is 1.18. The van der Waals surface area contributed by atoms with Crippen molar-refractivity contribution < 1.29 is 17.9 Å². The monoisotopic (exact) mass is 452 g/mol. The Morgan fingerprint density at radius 1 is 0.938 bits per heavy atom. The lowest BCUT2D eigenvalue weighted by Crippen LogP contribution is -2.30. The van der Waals surface area contributed by atoms with Crippen LogP contribution in [0.15, 0.2) is 72.8 Å². The van der Waals surface area contributed by atoms with Gasteiger partial charge in [0.25, 0.3) is 5.91 Å². The normalized spacial score (nSPS) is 11.1. The van der Waals surface area contributed by atoms with Gasteiger partial charge in [-0.15, -0.1) is 0 Å². The number of carbonyl (C=O) groups is 1. The van der Waals surface area contributed by atoms with Gasteiger partial charge in [0, 0.05) is 5.56 Å². The molecule has 0 bridgehead atoms. The van der Waals surface area contributed by atoms with Gasteiger partial charge in [0.2, 0.25) is 10.0 Å². The van der Waals surface area contributed by atoms with E-state index in [9.17, 15) is 13.2 Å². The molecule has 7 heteroatoms. The zero-order chi connectivity index (χ0) is 23.1. The smallest absolute Gasteiger partial charge is 0.251 e. The molecule has 0 aliphatic carbocycles. The molecule has 0 heterocycles. The Morgan fingerprint density at radius 2 is 1.62 bits per heavy atom. The Bertz CT molecular complexity index is 1160. The summed E-state index contributed by atoms with van der Waals surface area (Å²) in [7, 11) is -3.49. The van der Waals surface area contributed by atoms with Gasteiger partial charge >= 0.3 is 0 Å². The van der Waals surface area contributed by atoms with E-state index in [1.165, 1.54) is 10.6 Å². The molecule has 0 radical (unpaired) electrons. The fourth-order valence-electron chi connectivity index (χ4n) is 3.18. The van der Waals surface area contributed by atoms with Crippen molar-refractivity contribution in [1.29, 1.82) is 0 Å². The van der Waals surface area contributed by atoms with Gasteiger partial charge in [0.05, 0.1) is 25.0 Å². The number of hydrogen-bond acceptors (Lipinski definition) is 4. The molecule has 0 aliphatic heterocycles. The number of anilines is 1. The highest BCUT2D eigenvalue weighted by atomic mass is 32.2. The van der Waals surface area contributed by atoms with Gasteiger partial charge in [-0.1, -0.05) is 42.0 Å². The molecule has 0 unspecified atom stereocenters. The van der Waals surface area contributed by atoms with E-state index in [2.05, 4.69) is 5.32 Å². The van der Waals surface area contributed by atoms with Crippen molar-refractivity contribution in [1.82, 2.24) is 5.32 Å². The van der Waals surface area contributed by atoms with Crippen LogP contribution in [0.2, 0.25) is 0 Å². The summed E-state index contributed by atoms with van der Waals surface area (Å²) in [4.78, 5) is 12.4. The summed E-state index contributed by atoms with van der Waals surface area (Å²) < 4.78 is 31.7. The average molecular weight is 453 g/mol. The zero-order valence-electron chi connectivity index (χ0n) is 18.5. The summed E-state index contributed by atoms with van der Waals surface area (Å²) in [6.45, 7) is 4.91. The predicted molar refractivity (Wildman–Crippen MR) is 128 cm³/mol. The number of sulfonamides is 1. The summed E-state index contributed by atoms with van der Waals surface area (Å²) in [5, 5.41) is 2.81. The molecule has 32 heavy (non-hydrogen) atoms. The molecule has 0 atom stereocenters. The SMILES string of the molecule is Cc1ccc(CN(c2ccc(C(=O)NCCOc3cccc(C)c3)cc2)S(C)(=O)=O)cc1. The van der Waals surface area contributed by atoms with Crippen LogP contribution in [0, 0.1) is 13.8 Å². The van der Waals surface area contributed by atoms with Crippen LogP contribution < -0.4 is 14.4 Å². The first-order valence-corrected chi connectivity index (χ1v) is 12.2. The number of nitrogens with one attached hydrogen (secondary N) is 1. The first-order valence-electron chi connectivity index (χ1n) is 10.3. The molecule has 6 nitrogen and oxygen atoms in total. The van der Waals surface area contributed by atoms with E-state index in [1.54, 1.807) is 24.3 Å². The molecule has 3 aromatic carbocycles. The Hall–Kier alpha value is -3.32. The number of ether oxygens (including phenoxy) is 1. The fraction of sp³-hybridized carbons (Fsp3) is 0.240. The minimum atomic E-state index is -3.49. The number of rotatable bonds is 9. The van der Waals surface area contributed by atoms with Crippen molar-refractivity contribution in [3.8, 4) is 5.75 Å². The van der Waals surface area contributed by atoms with Crippen molar-refractivity contribution in [2.45, 2.75) is 20.4 Å². The third-order valence-electron chi connectivity index (χ3n) is 4.91. The van der Waals surface area contributed by atoms with Gasteiger partial charge in [-0.25, -0.2) is 8.42 Å². The Morgan fingerprint density at radius 3 is 2.25 bits per heavy atom. The third-order valence-corrected chi connectivity index (χ3v) is 6.05. The van der Waals surface area contributed by atoms with E-state index in [0.29, 0.717) is 24.4 Å². The van der Waals surface area contributed by atoms with Crippen molar-refractivity contribution in [3.63, 3.8) is 0 Å². The van der Waals surface area contributed by atoms with E-state index in [-0.39, 0.29) is 12.5 Å². The van der Waals surface area contributed by atoms with Crippen LogP contribution >= 0.6 is 0 Å². The van der Waals surface area contributed by atoms with Gasteiger partial charge < -0.3 is 10.1 Å². The molecule has 0 saturated carbocycles. The molecular formula is C25H28N2O4S. The van der Waals surface area contributed by atoms with Crippen LogP contribution in [0.3, 0.4) is 0 Å². The second kappa shape index (κ2) is 10.3. The molecule has 1 N–H and O–H groups in total.